The highest BCUT2D eigenvalue weighted by atomic mass is 35.5. The number of fused-ring (bicyclic) bond motifs is 1. The summed E-state index contributed by atoms with van der Waals surface area (Å²) in [5, 5.41) is 14.1. The van der Waals surface area contributed by atoms with Crippen molar-refractivity contribution in [2.75, 3.05) is 0 Å². The average molecular weight is 277 g/mol. The first-order chi connectivity index (χ1) is 9.08. The average Bonchev–Trinajstić information content (AvgIpc) is 2.96. The third kappa shape index (κ3) is 1.79. The number of carboxylic acid groups (broad SMARTS) is 1. The maximum absolute atomic E-state index is 10.8. The van der Waals surface area contributed by atoms with Gasteiger partial charge >= 0.3 is 5.97 Å². The number of aromatic nitrogens is 2. The summed E-state index contributed by atoms with van der Waals surface area (Å²) in [5.74, 6) is -1.34. The maximum Gasteiger partial charge on any atom is 0.374 e. The first kappa shape index (κ1) is 11.8. The molecular weight excluding hydrogens is 268 g/mol. The lowest BCUT2D eigenvalue weighted by Gasteiger charge is -2.00. The van der Waals surface area contributed by atoms with Gasteiger partial charge in [0.05, 0.1) is 5.02 Å². The first-order valence-electron chi connectivity index (χ1n) is 5.52. The van der Waals surface area contributed by atoms with Gasteiger partial charge in [-0.3, -0.25) is 0 Å². The van der Waals surface area contributed by atoms with Gasteiger partial charge in [0.1, 0.15) is 5.69 Å². The van der Waals surface area contributed by atoms with E-state index in [0.29, 0.717) is 10.7 Å². The largest absolute Gasteiger partial charge is 0.475 e. The minimum Gasteiger partial charge on any atom is -0.475 e. The third-order valence-electron chi connectivity index (χ3n) is 2.97. The van der Waals surface area contributed by atoms with Crippen molar-refractivity contribution in [2.45, 2.75) is 0 Å². The summed E-state index contributed by atoms with van der Waals surface area (Å²) in [4.78, 5) is 10.8. The van der Waals surface area contributed by atoms with Gasteiger partial charge in [-0.15, -0.1) is 0 Å². The van der Waals surface area contributed by atoms with Gasteiger partial charge in [-0.05, 0) is 6.07 Å². The fourth-order valence-electron chi connectivity index (χ4n) is 2.11. The lowest BCUT2D eigenvalue weighted by atomic mass is 10.1. The van der Waals surface area contributed by atoms with Crippen molar-refractivity contribution in [3.63, 3.8) is 0 Å². The molecule has 0 aliphatic rings. The Labute approximate surface area is 113 Å². The molecule has 19 heavy (non-hydrogen) atoms. The SMILES string of the molecule is Cn1cc(Cl)c2c(-c3cc(C(=O)O)on3)cccc21. The number of halogens is 1. The van der Waals surface area contributed by atoms with Crippen LogP contribution >= 0.6 is 11.6 Å². The van der Waals surface area contributed by atoms with Crippen LogP contribution in [0.2, 0.25) is 5.02 Å². The van der Waals surface area contributed by atoms with Crippen LogP contribution in [-0.2, 0) is 7.05 Å². The number of benzene rings is 1. The number of hydrogen-bond acceptors (Lipinski definition) is 3. The zero-order chi connectivity index (χ0) is 13.6. The van der Waals surface area contributed by atoms with Crippen LogP contribution in [0.1, 0.15) is 10.6 Å². The lowest BCUT2D eigenvalue weighted by Crippen LogP contribution is -1.91. The van der Waals surface area contributed by atoms with Gasteiger partial charge in [0.2, 0.25) is 5.76 Å². The van der Waals surface area contributed by atoms with E-state index in [2.05, 4.69) is 5.16 Å². The number of carboxylic acids is 1. The smallest absolute Gasteiger partial charge is 0.374 e. The van der Waals surface area contributed by atoms with Gasteiger partial charge < -0.3 is 14.2 Å². The van der Waals surface area contributed by atoms with E-state index in [1.165, 1.54) is 6.07 Å². The molecule has 0 aliphatic heterocycles. The van der Waals surface area contributed by atoms with E-state index in [4.69, 9.17) is 21.2 Å². The molecule has 6 heteroatoms. The van der Waals surface area contributed by atoms with Crippen molar-refractivity contribution in [3.05, 3.63) is 41.2 Å². The quantitative estimate of drug-likeness (QED) is 0.780. The highest BCUT2D eigenvalue weighted by molar-refractivity contribution is 6.36. The molecule has 0 radical (unpaired) electrons. The number of carbonyl (C=O) groups is 1. The van der Waals surface area contributed by atoms with Crippen molar-refractivity contribution >= 4 is 28.5 Å². The molecule has 0 spiro atoms. The Kier molecular flexibility index (Phi) is 2.57. The molecular formula is C13H9ClN2O3. The second kappa shape index (κ2) is 4.13. The van der Waals surface area contributed by atoms with Crippen molar-refractivity contribution in [1.82, 2.24) is 9.72 Å². The van der Waals surface area contributed by atoms with E-state index in [1.807, 2.05) is 29.8 Å². The van der Waals surface area contributed by atoms with Crippen LogP contribution in [-0.4, -0.2) is 20.8 Å². The second-order valence-corrected chi connectivity index (χ2v) is 4.58. The summed E-state index contributed by atoms with van der Waals surface area (Å²) < 4.78 is 6.68. The van der Waals surface area contributed by atoms with Crippen LogP contribution < -0.4 is 0 Å². The second-order valence-electron chi connectivity index (χ2n) is 4.17. The molecule has 1 N–H and O–H groups in total. The standard InChI is InChI=1S/C13H9ClN2O3/c1-16-6-8(14)12-7(3-2-4-10(12)16)9-5-11(13(17)18)19-15-9/h2-6H,1H3,(H,17,18). The van der Waals surface area contributed by atoms with E-state index in [1.54, 1.807) is 6.20 Å². The Bertz CT molecular complexity index is 788. The fraction of sp³-hybridized carbons (Fsp3) is 0.0769. The van der Waals surface area contributed by atoms with Crippen molar-refractivity contribution in [3.8, 4) is 11.3 Å². The first-order valence-corrected chi connectivity index (χ1v) is 5.89. The number of aromatic carboxylic acids is 1. The molecule has 0 saturated carbocycles. The third-order valence-corrected chi connectivity index (χ3v) is 3.25. The van der Waals surface area contributed by atoms with E-state index in [-0.39, 0.29) is 5.76 Å². The lowest BCUT2D eigenvalue weighted by molar-refractivity contribution is 0.0652. The summed E-state index contributed by atoms with van der Waals surface area (Å²) >= 11 is 6.21. The predicted octanol–water partition coefficient (Wildman–Crippen LogP) is 3.18. The number of aryl methyl sites for hydroxylation is 1. The maximum atomic E-state index is 10.8. The Morgan fingerprint density at radius 2 is 2.26 bits per heavy atom. The molecule has 0 bridgehead atoms. The molecule has 5 nitrogen and oxygen atoms in total. The molecule has 2 heterocycles. The molecule has 0 amide bonds. The zero-order valence-corrected chi connectivity index (χ0v) is 10.7. The van der Waals surface area contributed by atoms with Gasteiger partial charge in [-0.1, -0.05) is 28.9 Å². The van der Waals surface area contributed by atoms with Crippen LogP contribution in [0.25, 0.3) is 22.2 Å². The topological polar surface area (TPSA) is 68.3 Å². The van der Waals surface area contributed by atoms with Crippen LogP contribution in [0.4, 0.5) is 0 Å². The highest BCUT2D eigenvalue weighted by Crippen LogP contribution is 2.34. The molecule has 0 unspecified atom stereocenters. The van der Waals surface area contributed by atoms with E-state index in [0.717, 1.165) is 16.5 Å². The molecule has 0 aliphatic carbocycles. The summed E-state index contributed by atoms with van der Waals surface area (Å²) in [7, 11) is 1.89. The normalized spacial score (nSPS) is 11.1. The fourth-order valence-corrected chi connectivity index (χ4v) is 2.45. The van der Waals surface area contributed by atoms with Crippen LogP contribution in [0.5, 0.6) is 0 Å². The van der Waals surface area contributed by atoms with Crippen molar-refractivity contribution < 1.29 is 14.4 Å². The number of hydrogen-bond donors (Lipinski definition) is 1. The van der Waals surface area contributed by atoms with E-state index >= 15 is 0 Å². The molecule has 96 valence electrons. The summed E-state index contributed by atoms with van der Waals surface area (Å²) in [5.41, 5.74) is 2.15. The van der Waals surface area contributed by atoms with Crippen LogP contribution in [0, 0.1) is 0 Å². The molecule has 0 saturated heterocycles. The van der Waals surface area contributed by atoms with Gasteiger partial charge in [0, 0.05) is 35.8 Å². The molecule has 3 rings (SSSR count). The number of rotatable bonds is 2. The molecule has 2 aromatic heterocycles. The Morgan fingerprint density at radius 3 is 2.95 bits per heavy atom. The van der Waals surface area contributed by atoms with Gasteiger partial charge in [0.15, 0.2) is 0 Å². The van der Waals surface area contributed by atoms with Crippen LogP contribution in [0.3, 0.4) is 0 Å². The molecule has 0 fully saturated rings. The van der Waals surface area contributed by atoms with Crippen molar-refractivity contribution in [2.24, 2.45) is 7.05 Å². The molecule has 3 aromatic rings. The summed E-state index contributed by atoms with van der Waals surface area (Å²) in [6, 6.07) is 7.02. The Hall–Kier alpha value is -2.27. The van der Waals surface area contributed by atoms with E-state index in [9.17, 15) is 4.79 Å². The monoisotopic (exact) mass is 276 g/mol. The molecule has 1 aromatic carbocycles. The number of nitrogens with zero attached hydrogens (tertiary/aromatic N) is 2. The van der Waals surface area contributed by atoms with Crippen LogP contribution in [0.15, 0.2) is 35.0 Å². The Morgan fingerprint density at radius 1 is 1.47 bits per heavy atom. The van der Waals surface area contributed by atoms with E-state index < -0.39 is 5.97 Å². The summed E-state index contributed by atoms with van der Waals surface area (Å²) in [6.45, 7) is 0. The predicted molar refractivity (Wildman–Crippen MR) is 70.4 cm³/mol. The minimum absolute atomic E-state index is 0.195. The highest BCUT2D eigenvalue weighted by Gasteiger charge is 2.16. The Balaban J connectivity index is 2.27. The van der Waals surface area contributed by atoms with Gasteiger partial charge in [-0.25, -0.2) is 4.79 Å². The zero-order valence-electron chi connectivity index (χ0n) is 9.92. The summed E-state index contributed by atoms with van der Waals surface area (Å²) in [6.07, 6.45) is 1.80. The van der Waals surface area contributed by atoms with Gasteiger partial charge in [-0.2, -0.15) is 0 Å². The molecule has 0 atom stereocenters. The van der Waals surface area contributed by atoms with Gasteiger partial charge in [0.25, 0.3) is 0 Å². The van der Waals surface area contributed by atoms with Crippen molar-refractivity contribution in [1.29, 1.82) is 0 Å². The minimum atomic E-state index is -1.15.